The normalized spacial score (nSPS) is 11.9. The van der Waals surface area contributed by atoms with Crippen LogP contribution in [-0.4, -0.2) is 0 Å². The fourth-order valence-electron chi connectivity index (χ4n) is 4.32. The number of hydrogen-bond acceptors (Lipinski definition) is 0. The number of fused-ring (bicyclic) bond motifs is 4. The Morgan fingerprint density at radius 3 is 1.03 bits per heavy atom. The molecule has 0 saturated carbocycles. The van der Waals surface area contributed by atoms with Crippen molar-refractivity contribution in [1.29, 1.82) is 0 Å². The summed E-state index contributed by atoms with van der Waals surface area (Å²) in [4.78, 5) is 0. The highest BCUT2D eigenvalue weighted by atomic mass is 14.0. The van der Waals surface area contributed by atoms with Gasteiger partial charge in [-0.3, -0.25) is 0 Å². The van der Waals surface area contributed by atoms with Crippen LogP contribution in [0.3, 0.4) is 0 Å². The molecule has 0 amide bonds. The molecule has 0 heterocycles. The Bertz CT molecular complexity index is 1460. The fourth-order valence-corrected chi connectivity index (χ4v) is 4.32. The molecule has 140 valence electrons. The molecule has 0 aliphatic rings. The van der Waals surface area contributed by atoms with Crippen molar-refractivity contribution in [1.82, 2.24) is 0 Å². The van der Waals surface area contributed by atoms with Crippen LogP contribution >= 0.6 is 0 Å². The Hall–Kier alpha value is -3.90. The third-order valence-corrected chi connectivity index (χ3v) is 5.93. The minimum atomic E-state index is 1.22. The molecule has 0 nitrogen and oxygen atoms in total. The second-order valence-electron chi connectivity index (χ2n) is 7.95. The lowest BCUT2D eigenvalue weighted by atomic mass is 10.00. The van der Waals surface area contributed by atoms with E-state index in [4.69, 9.17) is 0 Å². The van der Waals surface area contributed by atoms with E-state index in [1.807, 2.05) is 0 Å². The molecule has 6 aromatic rings. The SMILES string of the molecule is C(=C\c1ccc2cc3ccccc3cc2c1)/c1ccc2cc3ccccc3cc2c1. The van der Waals surface area contributed by atoms with Gasteiger partial charge in [0.2, 0.25) is 0 Å². The van der Waals surface area contributed by atoms with Crippen LogP contribution in [0, 0.1) is 0 Å². The molecule has 30 heavy (non-hydrogen) atoms. The third-order valence-electron chi connectivity index (χ3n) is 5.93. The first-order chi connectivity index (χ1) is 14.8. The summed E-state index contributed by atoms with van der Waals surface area (Å²) in [7, 11) is 0. The van der Waals surface area contributed by atoms with Gasteiger partial charge in [-0.25, -0.2) is 0 Å². The lowest BCUT2D eigenvalue weighted by molar-refractivity contribution is 1.71. The second kappa shape index (κ2) is 6.86. The molecule has 0 radical (unpaired) electrons. The molecule has 0 atom stereocenters. The lowest BCUT2D eigenvalue weighted by Gasteiger charge is -2.05. The van der Waals surface area contributed by atoms with Gasteiger partial charge in [-0.2, -0.15) is 0 Å². The van der Waals surface area contributed by atoms with Crippen molar-refractivity contribution in [3.63, 3.8) is 0 Å². The van der Waals surface area contributed by atoms with Crippen molar-refractivity contribution in [2.45, 2.75) is 0 Å². The van der Waals surface area contributed by atoms with Crippen LogP contribution < -0.4 is 0 Å². The molecule has 0 aliphatic heterocycles. The van der Waals surface area contributed by atoms with Crippen molar-refractivity contribution in [2.75, 3.05) is 0 Å². The molecule has 0 aromatic heterocycles. The molecule has 0 spiro atoms. The summed E-state index contributed by atoms with van der Waals surface area (Å²) in [6, 6.07) is 39.6. The van der Waals surface area contributed by atoms with Gasteiger partial charge in [0.1, 0.15) is 0 Å². The van der Waals surface area contributed by atoms with Crippen LogP contribution in [-0.2, 0) is 0 Å². The molecule has 0 N–H and O–H groups in total. The van der Waals surface area contributed by atoms with Gasteiger partial charge in [0, 0.05) is 0 Å². The summed E-state index contributed by atoms with van der Waals surface area (Å²) in [5, 5.41) is 10.3. The van der Waals surface area contributed by atoms with Gasteiger partial charge < -0.3 is 0 Å². The Labute approximate surface area is 175 Å². The monoisotopic (exact) mass is 380 g/mol. The first kappa shape index (κ1) is 17.0. The minimum absolute atomic E-state index is 1.22. The molecule has 0 fully saturated rings. The maximum absolute atomic E-state index is 2.28. The minimum Gasteiger partial charge on any atom is -0.0616 e. The van der Waals surface area contributed by atoms with E-state index in [-0.39, 0.29) is 0 Å². The summed E-state index contributed by atoms with van der Waals surface area (Å²) in [6.07, 6.45) is 4.41. The standard InChI is InChI=1S/C30H20/c1-3-7-25-19-29-15-21(11-13-27(29)17-23(25)5-1)9-10-22-12-14-28-18-24-6-2-4-8-26(24)20-30(28)16-22/h1-20H/b10-9+. The number of rotatable bonds is 2. The zero-order valence-corrected chi connectivity index (χ0v) is 16.5. The Morgan fingerprint density at radius 1 is 0.300 bits per heavy atom. The number of hydrogen-bond donors (Lipinski definition) is 0. The predicted octanol–water partition coefficient (Wildman–Crippen LogP) is 8.47. The van der Waals surface area contributed by atoms with Crippen LogP contribution in [0.4, 0.5) is 0 Å². The zero-order chi connectivity index (χ0) is 19.9. The van der Waals surface area contributed by atoms with Gasteiger partial charge in [-0.05, 0) is 90.6 Å². The van der Waals surface area contributed by atoms with Crippen molar-refractivity contribution in [2.24, 2.45) is 0 Å². The summed E-state index contributed by atoms with van der Waals surface area (Å²) < 4.78 is 0. The molecule has 0 aliphatic carbocycles. The maximum atomic E-state index is 2.28. The van der Waals surface area contributed by atoms with Gasteiger partial charge in [0.25, 0.3) is 0 Å². The van der Waals surface area contributed by atoms with E-state index >= 15 is 0 Å². The van der Waals surface area contributed by atoms with Gasteiger partial charge in [0.05, 0.1) is 0 Å². The Morgan fingerprint density at radius 2 is 0.633 bits per heavy atom. The van der Waals surface area contributed by atoms with Crippen LogP contribution in [0.1, 0.15) is 11.1 Å². The summed E-state index contributed by atoms with van der Waals surface area (Å²) >= 11 is 0. The fraction of sp³-hybridized carbons (Fsp3) is 0. The van der Waals surface area contributed by atoms with E-state index in [1.165, 1.54) is 54.2 Å². The van der Waals surface area contributed by atoms with E-state index in [0.29, 0.717) is 0 Å². The van der Waals surface area contributed by atoms with Crippen LogP contribution in [0.2, 0.25) is 0 Å². The second-order valence-corrected chi connectivity index (χ2v) is 7.95. The summed E-state index contributed by atoms with van der Waals surface area (Å²) in [5.74, 6) is 0. The lowest BCUT2D eigenvalue weighted by Crippen LogP contribution is -1.80. The topological polar surface area (TPSA) is 0 Å². The van der Waals surface area contributed by atoms with E-state index in [0.717, 1.165) is 0 Å². The van der Waals surface area contributed by atoms with Crippen LogP contribution in [0.15, 0.2) is 109 Å². The smallest absolute Gasteiger partial charge is 0.0172 e. The third kappa shape index (κ3) is 3.03. The first-order valence-corrected chi connectivity index (χ1v) is 10.4. The van der Waals surface area contributed by atoms with Gasteiger partial charge in [-0.1, -0.05) is 84.9 Å². The van der Waals surface area contributed by atoms with E-state index in [9.17, 15) is 0 Å². The molecular weight excluding hydrogens is 360 g/mol. The van der Waals surface area contributed by atoms with Gasteiger partial charge in [0.15, 0.2) is 0 Å². The quantitative estimate of drug-likeness (QED) is 0.209. The maximum Gasteiger partial charge on any atom is -0.0172 e. The van der Waals surface area contributed by atoms with Crippen molar-refractivity contribution in [3.8, 4) is 0 Å². The summed E-state index contributed by atoms with van der Waals surface area (Å²) in [6.45, 7) is 0. The molecule has 0 unspecified atom stereocenters. The van der Waals surface area contributed by atoms with Crippen molar-refractivity contribution in [3.05, 3.63) is 120 Å². The summed E-state index contributed by atoms with van der Waals surface area (Å²) in [5.41, 5.74) is 2.44. The molecule has 6 aromatic carbocycles. The van der Waals surface area contributed by atoms with Crippen LogP contribution in [0.25, 0.3) is 55.2 Å². The Kier molecular flexibility index (Phi) is 3.89. The van der Waals surface area contributed by atoms with Gasteiger partial charge in [-0.15, -0.1) is 0 Å². The van der Waals surface area contributed by atoms with E-state index in [2.05, 4.69) is 121 Å². The average Bonchev–Trinajstić information content (AvgIpc) is 2.79. The van der Waals surface area contributed by atoms with E-state index in [1.54, 1.807) is 0 Å². The van der Waals surface area contributed by atoms with Crippen LogP contribution in [0.5, 0.6) is 0 Å². The van der Waals surface area contributed by atoms with E-state index < -0.39 is 0 Å². The predicted molar refractivity (Wildman–Crippen MR) is 132 cm³/mol. The highest BCUT2D eigenvalue weighted by Gasteiger charge is 2.00. The highest BCUT2D eigenvalue weighted by Crippen LogP contribution is 2.26. The average molecular weight is 380 g/mol. The molecule has 0 heteroatoms. The molecule has 0 bridgehead atoms. The van der Waals surface area contributed by atoms with Crippen molar-refractivity contribution < 1.29 is 0 Å². The largest absolute Gasteiger partial charge is 0.0616 e. The molecule has 0 saturated heterocycles. The first-order valence-electron chi connectivity index (χ1n) is 10.4. The highest BCUT2D eigenvalue weighted by molar-refractivity contribution is 6.00. The van der Waals surface area contributed by atoms with Crippen molar-refractivity contribution >= 4 is 55.2 Å². The molecular formula is C30H20. The molecule has 6 rings (SSSR count). The zero-order valence-electron chi connectivity index (χ0n) is 16.5. The Balaban J connectivity index is 1.38. The number of benzene rings is 6. The van der Waals surface area contributed by atoms with Gasteiger partial charge >= 0.3 is 0 Å².